The molecule has 2 aromatic rings. The summed E-state index contributed by atoms with van der Waals surface area (Å²) in [7, 11) is 0. The number of nitrogens with one attached hydrogen (secondary N) is 1. The van der Waals surface area contributed by atoms with Crippen LogP contribution in [-0.4, -0.2) is 9.97 Å². The Hall–Kier alpha value is -1.34. The number of halogens is 1. The molecule has 2 rings (SSSR count). The van der Waals surface area contributed by atoms with Crippen LogP contribution in [0.5, 0.6) is 0 Å². The van der Waals surface area contributed by atoms with Crippen LogP contribution in [0.4, 0.5) is 0 Å². The van der Waals surface area contributed by atoms with Crippen molar-refractivity contribution in [2.24, 2.45) is 0 Å². The van der Waals surface area contributed by atoms with E-state index in [0.29, 0.717) is 5.56 Å². The van der Waals surface area contributed by atoms with Crippen LogP contribution in [0.15, 0.2) is 16.7 Å². The molecule has 3 nitrogen and oxygen atoms in total. The molecule has 0 aromatic carbocycles. The molecule has 0 radical (unpaired) electrons. The minimum atomic E-state index is 0.618. The van der Waals surface area contributed by atoms with Gasteiger partial charge in [-0.25, -0.2) is 4.98 Å². The summed E-state index contributed by atoms with van der Waals surface area (Å²) >= 11 is 3.37. The molecule has 13 heavy (non-hydrogen) atoms. The van der Waals surface area contributed by atoms with Crippen molar-refractivity contribution in [1.29, 1.82) is 5.26 Å². The number of fused-ring (bicyclic) bond motifs is 1. The first kappa shape index (κ1) is 8.27. The first-order chi connectivity index (χ1) is 6.22. The Labute approximate surface area is 83.5 Å². The van der Waals surface area contributed by atoms with E-state index < -0.39 is 0 Å². The zero-order chi connectivity index (χ0) is 9.42. The lowest BCUT2D eigenvalue weighted by atomic mass is 10.2. The third-order valence-corrected chi connectivity index (χ3v) is 2.58. The topological polar surface area (TPSA) is 52.5 Å². The van der Waals surface area contributed by atoms with Gasteiger partial charge in [-0.1, -0.05) is 0 Å². The van der Waals surface area contributed by atoms with Crippen LogP contribution in [0, 0.1) is 18.3 Å². The van der Waals surface area contributed by atoms with Crippen molar-refractivity contribution >= 4 is 27.0 Å². The van der Waals surface area contributed by atoms with Gasteiger partial charge in [0.05, 0.1) is 11.3 Å². The number of aromatic nitrogens is 2. The van der Waals surface area contributed by atoms with E-state index in [4.69, 9.17) is 5.26 Å². The number of aromatic amines is 1. The van der Waals surface area contributed by atoms with E-state index in [2.05, 4.69) is 32.0 Å². The summed E-state index contributed by atoms with van der Waals surface area (Å²) in [6.07, 6.45) is 1.82. The molecule has 0 spiro atoms. The minimum Gasteiger partial charge on any atom is -0.345 e. The number of rotatable bonds is 0. The Morgan fingerprint density at radius 1 is 1.62 bits per heavy atom. The Morgan fingerprint density at radius 2 is 2.38 bits per heavy atom. The molecule has 0 saturated heterocycles. The zero-order valence-electron chi connectivity index (χ0n) is 6.93. The maximum absolute atomic E-state index is 8.79. The number of pyridine rings is 1. The van der Waals surface area contributed by atoms with Crippen molar-refractivity contribution in [2.45, 2.75) is 6.92 Å². The predicted molar refractivity (Wildman–Crippen MR) is 53.2 cm³/mol. The van der Waals surface area contributed by atoms with Crippen LogP contribution >= 0.6 is 15.9 Å². The average molecular weight is 236 g/mol. The molecule has 0 unspecified atom stereocenters. The molecule has 0 aliphatic heterocycles. The summed E-state index contributed by atoms with van der Waals surface area (Å²) in [6, 6.07) is 3.94. The van der Waals surface area contributed by atoms with Gasteiger partial charge in [0.1, 0.15) is 11.7 Å². The maximum atomic E-state index is 8.79. The molecular formula is C9H6BrN3. The predicted octanol–water partition coefficient (Wildman–Crippen LogP) is 2.51. The fourth-order valence-electron chi connectivity index (χ4n) is 1.22. The first-order valence-electron chi connectivity index (χ1n) is 3.76. The highest BCUT2D eigenvalue weighted by Gasteiger charge is 2.06. The Kier molecular flexibility index (Phi) is 1.82. The van der Waals surface area contributed by atoms with E-state index in [-0.39, 0.29) is 0 Å². The highest BCUT2D eigenvalue weighted by molar-refractivity contribution is 9.10. The van der Waals surface area contributed by atoms with Crippen molar-refractivity contribution in [3.63, 3.8) is 0 Å². The highest BCUT2D eigenvalue weighted by Crippen LogP contribution is 2.23. The molecule has 4 heteroatoms. The van der Waals surface area contributed by atoms with Crippen molar-refractivity contribution in [3.05, 3.63) is 28.0 Å². The van der Waals surface area contributed by atoms with Gasteiger partial charge in [0.25, 0.3) is 0 Å². The highest BCUT2D eigenvalue weighted by atomic mass is 79.9. The lowest BCUT2D eigenvalue weighted by molar-refractivity contribution is 1.20. The van der Waals surface area contributed by atoms with Gasteiger partial charge >= 0.3 is 0 Å². The van der Waals surface area contributed by atoms with Crippen LogP contribution < -0.4 is 0 Å². The summed E-state index contributed by atoms with van der Waals surface area (Å²) in [5.74, 6) is 0. The molecule has 0 bridgehead atoms. The van der Waals surface area contributed by atoms with Crippen molar-refractivity contribution < 1.29 is 0 Å². The standard InChI is InChI=1S/C9H6BrN3/c1-5-6(3-11)2-7-8(10)4-12-9(7)13-5/h2,4H,1H3,(H,12,13). The van der Waals surface area contributed by atoms with E-state index in [1.807, 2.05) is 19.2 Å². The quantitative estimate of drug-likeness (QED) is 0.763. The molecular weight excluding hydrogens is 230 g/mol. The fraction of sp³-hybridized carbons (Fsp3) is 0.111. The largest absolute Gasteiger partial charge is 0.345 e. The van der Waals surface area contributed by atoms with Gasteiger partial charge in [-0.15, -0.1) is 0 Å². The van der Waals surface area contributed by atoms with E-state index in [1.54, 1.807) is 0 Å². The van der Waals surface area contributed by atoms with E-state index in [0.717, 1.165) is 21.2 Å². The molecule has 0 atom stereocenters. The van der Waals surface area contributed by atoms with Crippen LogP contribution in [0.25, 0.3) is 11.0 Å². The number of H-pyrrole nitrogens is 1. The third kappa shape index (κ3) is 1.21. The Bertz CT molecular complexity index is 507. The zero-order valence-corrected chi connectivity index (χ0v) is 8.51. The molecule has 1 N–H and O–H groups in total. The molecule has 0 aliphatic carbocycles. The van der Waals surface area contributed by atoms with E-state index >= 15 is 0 Å². The molecule has 64 valence electrons. The number of aryl methyl sites for hydroxylation is 1. The second-order valence-corrected chi connectivity index (χ2v) is 3.62. The molecule has 0 fully saturated rings. The molecule has 0 amide bonds. The van der Waals surface area contributed by atoms with Crippen molar-refractivity contribution in [2.75, 3.05) is 0 Å². The van der Waals surface area contributed by atoms with Crippen LogP contribution in [0.3, 0.4) is 0 Å². The van der Waals surface area contributed by atoms with Gasteiger partial charge in [0.15, 0.2) is 0 Å². The fourth-order valence-corrected chi connectivity index (χ4v) is 1.64. The van der Waals surface area contributed by atoms with Gasteiger partial charge in [0, 0.05) is 16.1 Å². The lowest BCUT2D eigenvalue weighted by Crippen LogP contribution is -1.87. The minimum absolute atomic E-state index is 0.618. The van der Waals surface area contributed by atoms with Gasteiger partial charge in [0.2, 0.25) is 0 Å². The summed E-state index contributed by atoms with van der Waals surface area (Å²) in [4.78, 5) is 7.27. The normalized spacial score (nSPS) is 10.2. The van der Waals surface area contributed by atoms with Gasteiger partial charge in [-0.2, -0.15) is 5.26 Å². The summed E-state index contributed by atoms with van der Waals surface area (Å²) in [5, 5.41) is 9.74. The second-order valence-electron chi connectivity index (χ2n) is 2.77. The van der Waals surface area contributed by atoms with Crippen LogP contribution in [-0.2, 0) is 0 Å². The van der Waals surface area contributed by atoms with Gasteiger partial charge < -0.3 is 4.98 Å². The second kappa shape index (κ2) is 2.86. The third-order valence-electron chi connectivity index (χ3n) is 1.93. The van der Waals surface area contributed by atoms with E-state index in [9.17, 15) is 0 Å². The molecule has 2 aromatic heterocycles. The smallest absolute Gasteiger partial charge is 0.138 e. The number of nitriles is 1. The average Bonchev–Trinajstić information content (AvgIpc) is 2.46. The van der Waals surface area contributed by atoms with Gasteiger partial charge in [-0.3, -0.25) is 0 Å². The summed E-state index contributed by atoms with van der Waals surface area (Å²) in [5.41, 5.74) is 2.18. The summed E-state index contributed by atoms with van der Waals surface area (Å²) < 4.78 is 0.937. The van der Waals surface area contributed by atoms with Crippen molar-refractivity contribution in [1.82, 2.24) is 9.97 Å². The number of nitrogens with zero attached hydrogens (tertiary/aromatic N) is 2. The monoisotopic (exact) mass is 235 g/mol. The number of hydrogen-bond acceptors (Lipinski definition) is 2. The SMILES string of the molecule is Cc1nc2[nH]cc(Br)c2cc1C#N. The van der Waals surface area contributed by atoms with Crippen molar-refractivity contribution in [3.8, 4) is 6.07 Å². The van der Waals surface area contributed by atoms with Crippen LogP contribution in [0.2, 0.25) is 0 Å². The Morgan fingerprint density at radius 3 is 3.08 bits per heavy atom. The van der Waals surface area contributed by atoms with E-state index in [1.165, 1.54) is 0 Å². The van der Waals surface area contributed by atoms with Gasteiger partial charge in [-0.05, 0) is 28.9 Å². The van der Waals surface area contributed by atoms with Crippen LogP contribution in [0.1, 0.15) is 11.3 Å². The first-order valence-corrected chi connectivity index (χ1v) is 4.56. The summed E-state index contributed by atoms with van der Waals surface area (Å²) in [6.45, 7) is 1.83. The maximum Gasteiger partial charge on any atom is 0.138 e. The molecule has 0 saturated carbocycles. The lowest BCUT2D eigenvalue weighted by Gasteiger charge is -1.96. The number of hydrogen-bond donors (Lipinski definition) is 1. The molecule has 0 aliphatic rings. The Balaban J connectivity index is 2.86. The molecule has 2 heterocycles.